The highest BCUT2D eigenvalue weighted by atomic mass is 19.3. The first-order valence-corrected chi connectivity index (χ1v) is 23.4. The molecule has 3 fully saturated rings. The van der Waals surface area contributed by atoms with E-state index in [0.717, 1.165) is 50.5 Å². The van der Waals surface area contributed by atoms with Gasteiger partial charge < -0.3 is 26.2 Å². The lowest BCUT2D eigenvalue weighted by Crippen LogP contribution is -2.59. The van der Waals surface area contributed by atoms with Crippen LogP contribution in [0.15, 0.2) is 46.3 Å². The number of amides is 4. The largest absolute Gasteiger partial charge is 0.404 e. The van der Waals surface area contributed by atoms with E-state index in [1.165, 1.54) is 23.0 Å². The van der Waals surface area contributed by atoms with E-state index in [2.05, 4.69) is 25.9 Å². The number of halogens is 2. The van der Waals surface area contributed by atoms with E-state index in [1.54, 1.807) is 33.0 Å². The Labute approximate surface area is 384 Å². The summed E-state index contributed by atoms with van der Waals surface area (Å²) in [5, 5.41) is 9.97. The Morgan fingerprint density at radius 3 is 2.50 bits per heavy atom. The van der Waals surface area contributed by atoms with Crippen LogP contribution in [0.3, 0.4) is 0 Å². The van der Waals surface area contributed by atoms with Crippen molar-refractivity contribution in [3.8, 4) is 0 Å². The molecule has 0 spiro atoms. The number of alkyl halides is 2. The van der Waals surface area contributed by atoms with Gasteiger partial charge >= 0.3 is 0 Å². The zero-order valence-corrected chi connectivity index (χ0v) is 38.3. The minimum absolute atomic E-state index is 0.0347. The Balaban J connectivity index is 0.905. The number of allylic oxidation sites excluding steroid dienone is 1. The van der Waals surface area contributed by atoms with Gasteiger partial charge in [-0.3, -0.25) is 44.6 Å². The number of hydrogen-bond donors (Lipinski definition) is 5. The van der Waals surface area contributed by atoms with Gasteiger partial charge in [-0.25, -0.2) is 18.3 Å². The molecule has 1 aromatic heterocycles. The third kappa shape index (κ3) is 10.6. The van der Waals surface area contributed by atoms with E-state index in [0.29, 0.717) is 104 Å². The third-order valence-electron chi connectivity index (χ3n) is 13.7. The van der Waals surface area contributed by atoms with E-state index < -0.39 is 18.4 Å². The lowest BCUT2D eigenvalue weighted by Gasteiger charge is -2.41. The van der Waals surface area contributed by atoms with Gasteiger partial charge in [0, 0.05) is 101 Å². The second-order valence-electron chi connectivity index (χ2n) is 17.9. The number of aliphatic imine (C=N–C) groups is 1. The molecule has 7 rings (SSSR count). The van der Waals surface area contributed by atoms with Crippen molar-refractivity contribution in [2.45, 2.75) is 115 Å². The number of carbonyl (C=O) groups excluding carboxylic acids is 4. The summed E-state index contributed by atoms with van der Waals surface area (Å²) in [6.07, 6.45) is 8.02. The summed E-state index contributed by atoms with van der Waals surface area (Å²) in [4.78, 5) is 76.4. The highest BCUT2D eigenvalue weighted by molar-refractivity contribution is 6.10. The molecule has 18 heteroatoms. The maximum absolute atomic E-state index is 14.6. The van der Waals surface area contributed by atoms with Crippen LogP contribution in [0.4, 0.5) is 20.2 Å². The number of aryl methyl sites for hydroxylation is 2. The lowest BCUT2D eigenvalue weighted by atomic mass is 9.88. The van der Waals surface area contributed by atoms with Gasteiger partial charge in [0.1, 0.15) is 17.6 Å². The molecule has 5 heterocycles. The highest BCUT2D eigenvalue weighted by Crippen LogP contribution is 2.37. The number of unbranched alkanes of at least 4 members (excludes halogenated alkanes) is 3. The molecular formula is C48H64F2N11O5+. The quantitative estimate of drug-likeness (QED) is 0.0475. The van der Waals surface area contributed by atoms with Gasteiger partial charge in [0.2, 0.25) is 23.6 Å². The number of likely N-dealkylation sites (tertiary alicyclic amines) is 2. The number of nitrogens with one attached hydrogen (secondary N) is 3. The lowest BCUT2D eigenvalue weighted by molar-refractivity contribution is -0.450. The molecule has 66 heavy (non-hydrogen) atoms. The van der Waals surface area contributed by atoms with Crippen LogP contribution in [0.25, 0.3) is 16.5 Å². The van der Waals surface area contributed by atoms with Crippen molar-refractivity contribution in [1.29, 1.82) is 0 Å². The Hall–Kier alpha value is -6.04. The van der Waals surface area contributed by atoms with Crippen molar-refractivity contribution in [3.63, 3.8) is 0 Å². The molecule has 0 bridgehead atoms. The topological polar surface area (TPSA) is 213 Å². The van der Waals surface area contributed by atoms with Crippen LogP contribution in [-0.4, -0.2) is 118 Å². The van der Waals surface area contributed by atoms with Gasteiger partial charge in [0.15, 0.2) is 0 Å². The summed E-state index contributed by atoms with van der Waals surface area (Å²) in [7, 11) is 1.57. The number of rotatable bonds is 15. The van der Waals surface area contributed by atoms with Crippen molar-refractivity contribution in [2.24, 2.45) is 22.4 Å². The molecule has 354 valence electrons. The predicted molar refractivity (Wildman–Crippen MR) is 251 cm³/mol. The number of amidine groups is 1. The number of benzene rings is 2. The number of hydrogen-bond acceptors (Lipinski definition) is 10. The first-order valence-electron chi connectivity index (χ1n) is 23.4. The Morgan fingerprint density at radius 1 is 1.03 bits per heavy atom. The van der Waals surface area contributed by atoms with Crippen molar-refractivity contribution in [3.05, 3.63) is 69.4 Å². The summed E-state index contributed by atoms with van der Waals surface area (Å²) in [5.74, 6) is -0.0132. The predicted octanol–water partition coefficient (Wildman–Crippen LogP) is 4.45. The van der Waals surface area contributed by atoms with E-state index in [4.69, 9.17) is 11.5 Å². The van der Waals surface area contributed by atoms with Crippen LogP contribution >= 0.6 is 0 Å². The molecular weight excluding hydrogens is 849 g/mol. The van der Waals surface area contributed by atoms with Crippen LogP contribution in [0.1, 0.15) is 113 Å². The molecule has 0 radical (unpaired) electrons. The summed E-state index contributed by atoms with van der Waals surface area (Å²) in [6.45, 7) is 6.71. The first kappa shape index (κ1) is 47.9. The highest BCUT2D eigenvalue weighted by Gasteiger charge is 2.40. The average Bonchev–Trinajstić information content (AvgIpc) is 3.30. The van der Waals surface area contributed by atoms with E-state index in [1.807, 2.05) is 26.5 Å². The van der Waals surface area contributed by atoms with E-state index in [-0.39, 0.29) is 59.7 Å². The Bertz CT molecular complexity index is 2480. The third-order valence-corrected chi connectivity index (χ3v) is 13.7. The summed E-state index contributed by atoms with van der Waals surface area (Å²) >= 11 is 0. The van der Waals surface area contributed by atoms with Crippen molar-refractivity contribution in [2.75, 3.05) is 51.6 Å². The summed E-state index contributed by atoms with van der Waals surface area (Å²) in [6, 6.07) is 8.06. The second-order valence-corrected chi connectivity index (χ2v) is 17.9. The van der Waals surface area contributed by atoms with E-state index in [9.17, 15) is 32.8 Å². The van der Waals surface area contributed by atoms with Crippen LogP contribution in [0.2, 0.25) is 0 Å². The van der Waals surface area contributed by atoms with Gasteiger partial charge in [-0.15, -0.1) is 0 Å². The van der Waals surface area contributed by atoms with Gasteiger partial charge in [-0.2, -0.15) is 0 Å². The monoisotopic (exact) mass is 913 g/mol. The molecule has 3 atom stereocenters. The van der Waals surface area contributed by atoms with Gasteiger partial charge in [0.05, 0.1) is 23.4 Å². The molecule has 0 saturated carbocycles. The SMILES string of the molecule is CN=C/C(=C\N)c1cc2c(cc1C(F)F)[N+](=C(N)C1CN(C(C)=O)CCC1NC1CCN(C(=O)CCCCCCNc3cccc4nc(C)n([C@@H]5CCC(=O)NC5=O)c(=O)c34)CC1)CCC2. The number of carbonyl (C=O) groups is 4. The van der Waals surface area contributed by atoms with Crippen LogP contribution < -0.4 is 33.0 Å². The maximum atomic E-state index is 14.6. The van der Waals surface area contributed by atoms with Crippen LogP contribution in [-0.2, 0) is 25.6 Å². The van der Waals surface area contributed by atoms with Gasteiger partial charge in [-0.05, 0) is 93.7 Å². The van der Waals surface area contributed by atoms with Crippen LogP contribution in [0.5, 0.6) is 0 Å². The second kappa shape index (κ2) is 21.5. The first-order chi connectivity index (χ1) is 31.8. The fourth-order valence-electron chi connectivity index (χ4n) is 10.2. The number of nitrogens with zero attached hydrogens (tertiary/aromatic N) is 6. The average molecular weight is 913 g/mol. The zero-order valence-electron chi connectivity index (χ0n) is 38.3. The summed E-state index contributed by atoms with van der Waals surface area (Å²) < 4.78 is 32.5. The molecule has 0 aliphatic carbocycles. The molecule has 7 N–H and O–H groups in total. The van der Waals surface area contributed by atoms with Gasteiger partial charge in [-0.1, -0.05) is 18.9 Å². The summed E-state index contributed by atoms with van der Waals surface area (Å²) in [5.41, 5.74) is 16.0. The van der Waals surface area contributed by atoms with Gasteiger partial charge in [0.25, 0.3) is 17.8 Å². The van der Waals surface area contributed by atoms with Crippen LogP contribution in [0, 0.1) is 12.8 Å². The fourth-order valence-corrected chi connectivity index (χ4v) is 10.2. The Kier molecular flexibility index (Phi) is 15.6. The number of aromatic nitrogens is 2. The molecule has 16 nitrogen and oxygen atoms in total. The number of nitrogens with two attached hydrogens (primary N) is 2. The van der Waals surface area contributed by atoms with Crippen molar-refractivity contribution < 1.29 is 32.5 Å². The van der Waals surface area contributed by atoms with Crippen molar-refractivity contribution in [1.82, 2.24) is 30.0 Å². The molecule has 4 aliphatic rings. The standard InChI is InChI=1S/C48H63F2N11O5/c1-29-55-39-12-8-11-38(44(39)48(66)61(29)40-14-15-42(63)57-47(40)65)54-19-7-5-4-6-13-43(64)58-21-16-33(17-22-58)56-37-18-23-59(30(2)62)28-36(37)46(52)60-20-9-10-31-24-34(32(26-51)27-53-3)35(45(49)50)25-41(31)60/h8,11-12,24-27,33,36-37,40,45,52,56H,4-7,9-10,13-23,28H2,1-3H3,(H4,51,53,54,57,63,65,66)/p+1/t36?,37?,40-/m1/s1. The zero-order chi connectivity index (χ0) is 47.1. The minimum atomic E-state index is -2.74. The molecule has 2 aromatic carbocycles. The number of anilines is 1. The van der Waals surface area contributed by atoms with E-state index >= 15 is 0 Å². The number of piperidine rings is 3. The smallest absolute Gasteiger partial charge is 0.264 e. The molecule has 4 aliphatic heterocycles. The maximum Gasteiger partial charge on any atom is 0.264 e. The minimum Gasteiger partial charge on any atom is -0.404 e. The normalized spacial score (nSPS) is 21.7. The molecule has 3 saturated heterocycles. The van der Waals surface area contributed by atoms with Crippen molar-refractivity contribution >= 4 is 63.5 Å². The molecule has 3 aromatic rings. The fraction of sp³-hybridized carbons (Fsp3) is 0.542. The number of fused-ring (bicyclic) bond motifs is 2. The Morgan fingerprint density at radius 2 is 1.79 bits per heavy atom. The number of imide groups is 1. The molecule has 4 amide bonds. The molecule has 2 unspecified atom stereocenters.